The topological polar surface area (TPSA) is 18.5 Å². The van der Waals surface area contributed by atoms with Crippen molar-refractivity contribution in [2.24, 2.45) is 0 Å². The number of rotatable bonds is 7. The molecule has 132 valence electrons. The molecule has 0 bridgehead atoms. The molecular formula is C21H23IO2S. The molecule has 25 heavy (non-hydrogen) atoms. The van der Waals surface area contributed by atoms with E-state index in [1.807, 2.05) is 18.2 Å². The van der Waals surface area contributed by atoms with Gasteiger partial charge >= 0.3 is 0 Å². The molecule has 0 aliphatic rings. The third-order valence-corrected chi connectivity index (χ3v) is 5.98. The fourth-order valence-electron chi connectivity index (χ4n) is 2.44. The van der Waals surface area contributed by atoms with E-state index in [1.54, 1.807) is 26.0 Å². The summed E-state index contributed by atoms with van der Waals surface area (Å²) in [6.45, 7) is 8.48. The van der Waals surface area contributed by atoms with Crippen LogP contribution in [0.25, 0.3) is 4.91 Å². The molecule has 0 aliphatic carbocycles. The van der Waals surface area contributed by atoms with E-state index in [-0.39, 0.29) is 0 Å². The summed E-state index contributed by atoms with van der Waals surface area (Å²) in [6, 6.07) is 10.4. The van der Waals surface area contributed by atoms with Crippen molar-refractivity contribution < 1.29 is 9.47 Å². The Balaban J connectivity index is 2.00. The minimum Gasteiger partial charge on any atom is -0.493 e. The van der Waals surface area contributed by atoms with Crippen LogP contribution in [0.1, 0.15) is 22.3 Å². The van der Waals surface area contributed by atoms with Gasteiger partial charge in [0.15, 0.2) is 11.5 Å². The van der Waals surface area contributed by atoms with Crippen LogP contribution >= 0.6 is 34.4 Å². The molecule has 0 amide bonds. The van der Waals surface area contributed by atoms with Crippen molar-refractivity contribution in [3.63, 3.8) is 0 Å². The van der Waals surface area contributed by atoms with Crippen LogP contribution in [0.2, 0.25) is 0 Å². The van der Waals surface area contributed by atoms with Gasteiger partial charge in [-0.05, 0) is 94.8 Å². The number of allylic oxidation sites excluding steroid dienone is 1. The Bertz CT molecular complexity index is 797. The number of ether oxygens (including phenoxy) is 2. The summed E-state index contributed by atoms with van der Waals surface area (Å²) in [6.07, 6.45) is 3.11. The number of methoxy groups -OCH3 is 2. The molecule has 0 saturated heterocycles. The largest absolute Gasteiger partial charge is 0.493 e. The predicted molar refractivity (Wildman–Crippen MR) is 118 cm³/mol. The van der Waals surface area contributed by atoms with Crippen LogP contribution in [0, 0.1) is 17.4 Å². The van der Waals surface area contributed by atoms with Gasteiger partial charge in [-0.25, -0.2) is 0 Å². The summed E-state index contributed by atoms with van der Waals surface area (Å²) in [5.41, 5.74) is 5.07. The first-order valence-corrected chi connectivity index (χ1v) is 9.90. The Morgan fingerprint density at radius 1 is 1.08 bits per heavy atom. The van der Waals surface area contributed by atoms with E-state index in [0.717, 1.165) is 28.4 Å². The zero-order valence-electron chi connectivity index (χ0n) is 15.1. The third-order valence-electron chi connectivity index (χ3n) is 3.97. The lowest BCUT2D eigenvalue weighted by atomic mass is 10.0. The van der Waals surface area contributed by atoms with Gasteiger partial charge in [0.05, 0.1) is 14.2 Å². The Kier molecular flexibility index (Phi) is 7.44. The van der Waals surface area contributed by atoms with Crippen molar-refractivity contribution >= 4 is 39.3 Å². The zero-order valence-corrected chi connectivity index (χ0v) is 18.0. The van der Waals surface area contributed by atoms with E-state index < -0.39 is 0 Å². The average molecular weight is 466 g/mol. The van der Waals surface area contributed by atoms with E-state index in [9.17, 15) is 0 Å². The number of hydrogen-bond acceptors (Lipinski definition) is 3. The van der Waals surface area contributed by atoms with E-state index in [2.05, 4.69) is 66.6 Å². The first-order valence-electron chi connectivity index (χ1n) is 7.94. The van der Waals surface area contributed by atoms with Crippen LogP contribution < -0.4 is 9.47 Å². The van der Waals surface area contributed by atoms with Crippen LogP contribution in [0.5, 0.6) is 11.5 Å². The smallest absolute Gasteiger partial charge is 0.161 e. The van der Waals surface area contributed by atoms with Gasteiger partial charge in [0, 0.05) is 8.48 Å². The molecule has 2 nitrogen and oxygen atoms in total. The van der Waals surface area contributed by atoms with E-state index in [0.29, 0.717) is 0 Å². The van der Waals surface area contributed by atoms with Crippen LogP contribution in [0.15, 0.2) is 48.4 Å². The quantitative estimate of drug-likeness (QED) is 0.441. The molecule has 0 N–H and O–H groups in total. The van der Waals surface area contributed by atoms with Crippen molar-refractivity contribution in [2.75, 3.05) is 14.2 Å². The molecule has 0 unspecified atom stereocenters. The molecule has 4 heteroatoms. The summed E-state index contributed by atoms with van der Waals surface area (Å²) in [4.78, 5) is 0.979. The second-order valence-corrected chi connectivity index (χ2v) is 7.88. The van der Waals surface area contributed by atoms with Crippen molar-refractivity contribution in [2.45, 2.75) is 20.3 Å². The van der Waals surface area contributed by atoms with Crippen LogP contribution in [-0.2, 0) is 6.42 Å². The molecule has 0 saturated carbocycles. The SMILES string of the molecule is C=C(S/C=C/Cc1cc(C)c(I)cc1C)c1ccc(OC)c(OC)c1. The summed E-state index contributed by atoms with van der Waals surface area (Å²) in [5, 5.41) is 2.10. The maximum atomic E-state index is 5.35. The van der Waals surface area contributed by atoms with Gasteiger partial charge in [0.25, 0.3) is 0 Å². The van der Waals surface area contributed by atoms with Crippen LogP contribution in [0.3, 0.4) is 0 Å². The summed E-state index contributed by atoms with van der Waals surface area (Å²) in [7, 11) is 3.28. The lowest BCUT2D eigenvalue weighted by molar-refractivity contribution is 0.355. The van der Waals surface area contributed by atoms with Crippen LogP contribution in [-0.4, -0.2) is 14.2 Å². The lowest BCUT2D eigenvalue weighted by Gasteiger charge is -2.10. The average Bonchev–Trinajstić information content (AvgIpc) is 2.61. The van der Waals surface area contributed by atoms with Gasteiger partial charge in [-0.15, -0.1) is 0 Å². The van der Waals surface area contributed by atoms with Gasteiger partial charge < -0.3 is 9.47 Å². The Labute approximate surface area is 168 Å². The highest BCUT2D eigenvalue weighted by Crippen LogP contribution is 2.34. The molecule has 2 aromatic rings. The number of thioether (sulfide) groups is 1. The third kappa shape index (κ3) is 5.28. The fraction of sp³-hybridized carbons (Fsp3) is 0.238. The van der Waals surface area contributed by atoms with Crippen LogP contribution in [0.4, 0.5) is 0 Å². The Morgan fingerprint density at radius 2 is 1.80 bits per heavy atom. The highest BCUT2D eigenvalue weighted by molar-refractivity contribution is 14.1. The molecule has 0 aliphatic heterocycles. The lowest BCUT2D eigenvalue weighted by Crippen LogP contribution is -1.91. The highest BCUT2D eigenvalue weighted by atomic mass is 127. The van der Waals surface area contributed by atoms with Gasteiger partial charge in [-0.2, -0.15) is 0 Å². The van der Waals surface area contributed by atoms with Crippen molar-refractivity contribution in [3.8, 4) is 11.5 Å². The van der Waals surface area contributed by atoms with Crippen molar-refractivity contribution in [1.82, 2.24) is 0 Å². The number of benzene rings is 2. The first-order chi connectivity index (χ1) is 12.0. The van der Waals surface area contributed by atoms with Crippen molar-refractivity contribution in [3.05, 3.63) is 74.2 Å². The second-order valence-electron chi connectivity index (χ2n) is 5.71. The number of halogens is 1. The molecule has 0 atom stereocenters. The molecular weight excluding hydrogens is 443 g/mol. The van der Waals surface area contributed by atoms with Gasteiger partial charge in [-0.3, -0.25) is 0 Å². The minimum atomic E-state index is 0.718. The van der Waals surface area contributed by atoms with Crippen molar-refractivity contribution in [1.29, 1.82) is 0 Å². The maximum absolute atomic E-state index is 5.35. The van der Waals surface area contributed by atoms with E-state index in [4.69, 9.17) is 9.47 Å². The molecule has 0 aromatic heterocycles. The minimum absolute atomic E-state index is 0.718. The molecule has 2 aromatic carbocycles. The molecule has 0 radical (unpaired) electrons. The van der Waals surface area contributed by atoms with Gasteiger partial charge in [0.1, 0.15) is 0 Å². The van der Waals surface area contributed by atoms with E-state index >= 15 is 0 Å². The normalized spacial score (nSPS) is 10.9. The maximum Gasteiger partial charge on any atom is 0.161 e. The van der Waals surface area contributed by atoms with Gasteiger partial charge in [-0.1, -0.05) is 30.5 Å². The fourth-order valence-corrected chi connectivity index (χ4v) is 3.69. The first kappa shape index (κ1) is 19.9. The monoisotopic (exact) mass is 466 g/mol. The summed E-state index contributed by atoms with van der Waals surface area (Å²) in [5.74, 6) is 1.44. The van der Waals surface area contributed by atoms with E-state index in [1.165, 1.54) is 20.3 Å². The summed E-state index contributed by atoms with van der Waals surface area (Å²) >= 11 is 4.01. The molecule has 0 heterocycles. The number of hydrogen-bond donors (Lipinski definition) is 0. The zero-order chi connectivity index (χ0) is 18.4. The highest BCUT2D eigenvalue weighted by Gasteiger charge is 2.06. The molecule has 0 spiro atoms. The number of aryl methyl sites for hydroxylation is 2. The standard InChI is InChI=1S/C21H23IO2S/c1-14-12-19(22)15(2)11-17(14)7-6-10-25-16(3)18-8-9-20(23-4)21(13-18)24-5/h6,8-13H,3,7H2,1-2,4-5H3/b10-6+. The van der Waals surface area contributed by atoms with Gasteiger partial charge in [0.2, 0.25) is 0 Å². The molecule has 2 rings (SSSR count). The summed E-state index contributed by atoms with van der Waals surface area (Å²) < 4.78 is 11.9. The predicted octanol–water partition coefficient (Wildman–Crippen LogP) is 6.39. The molecule has 0 fully saturated rings. The Hall–Kier alpha value is -1.40. The Morgan fingerprint density at radius 3 is 2.48 bits per heavy atom. The second kappa shape index (κ2) is 9.34.